The number of carbonyl (C=O) groups is 1. The molecule has 0 saturated heterocycles. The number of likely N-dealkylation sites (N-methyl/N-ethyl adjacent to an activating group) is 1. The summed E-state index contributed by atoms with van der Waals surface area (Å²) in [5.74, 6) is 0.0976. The average Bonchev–Trinajstić information content (AvgIpc) is 2.77. The first-order valence-electron chi connectivity index (χ1n) is 8.49. The van der Waals surface area contributed by atoms with Crippen LogP contribution in [0, 0.1) is 6.92 Å². The Hall–Kier alpha value is -1.77. The fourth-order valence-electron chi connectivity index (χ4n) is 3.19. The van der Waals surface area contributed by atoms with E-state index in [1.165, 1.54) is 34.1 Å². The van der Waals surface area contributed by atoms with Crippen LogP contribution in [0.5, 0.6) is 0 Å². The quantitative estimate of drug-likeness (QED) is 0.824. The number of hydrogen-bond acceptors (Lipinski definition) is 1. The number of nitrogens with zero attached hydrogens (tertiary/aromatic N) is 1. The third-order valence-electron chi connectivity index (χ3n) is 4.24. The Kier molecular flexibility index (Phi) is 5.64. The second-order valence-corrected chi connectivity index (χ2v) is 5.94. The molecule has 1 aromatic carbocycles. The highest BCUT2D eigenvalue weighted by atomic mass is 16.1. The fourth-order valence-corrected chi connectivity index (χ4v) is 3.19. The minimum atomic E-state index is 0.0976. The fraction of sp³-hybridized carbons (Fsp3) is 0.526. The Morgan fingerprint density at radius 2 is 2.00 bits per heavy atom. The van der Waals surface area contributed by atoms with Crippen LogP contribution in [-0.4, -0.2) is 17.0 Å². The van der Waals surface area contributed by atoms with Crippen LogP contribution < -0.4 is 5.32 Å². The first kappa shape index (κ1) is 16.6. The maximum atomic E-state index is 12.1. The zero-order chi connectivity index (χ0) is 16.1. The van der Waals surface area contributed by atoms with Gasteiger partial charge in [0.05, 0.1) is 0 Å². The maximum absolute atomic E-state index is 12.1. The van der Waals surface area contributed by atoms with E-state index in [4.69, 9.17) is 0 Å². The summed E-state index contributed by atoms with van der Waals surface area (Å²) in [7, 11) is 0. The van der Waals surface area contributed by atoms with Gasteiger partial charge in [-0.3, -0.25) is 4.79 Å². The lowest BCUT2D eigenvalue weighted by Crippen LogP contribution is -2.27. The van der Waals surface area contributed by atoms with Crippen molar-refractivity contribution in [3.63, 3.8) is 0 Å². The first-order valence-corrected chi connectivity index (χ1v) is 8.49. The lowest BCUT2D eigenvalue weighted by molar-refractivity contribution is -0.121. The van der Waals surface area contributed by atoms with Gasteiger partial charge in [-0.05, 0) is 50.8 Å². The normalized spacial score (nSPS) is 11.1. The van der Waals surface area contributed by atoms with Crippen LogP contribution in [0.1, 0.15) is 50.4 Å². The zero-order valence-electron chi connectivity index (χ0n) is 14.3. The summed E-state index contributed by atoms with van der Waals surface area (Å²) in [6.45, 7) is 9.63. The van der Waals surface area contributed by atoms with Gasteiger partial charge in [0.1, 0.15) is 6.54 Å². The van der Waals surface area contributed by atoms with E-state index in [1.807, 2.05) is 6.92 Å². The van der Waals surface area contributed by atoms with Gasteiger partial charge in [-0.25, -0.2) is 0 Å². The third-order valence-corrected chi connectivity index (χ3v) is 4.24. The number of hydrogen-bond donors (Lipinski definition) is 1. The molecule has 0 radical (unpaired) electrons. The van der Waals surface area contributed by atoms with Crippen molar-refractivity contribution in [1.82, 2.24) is 9.88 Å². The molecular weight excluding hydrogens is 272 g/mol. The first-order chi connectivity index (χ1) is 10.6. The topological polar surface area (TPSA) is 34.0 Å². The van der Waals surface area contributed by atoms with Crippen LogP contribution in [0.3, 0.4) is 0 Å². The van der Waals surface area contributed by atoms with E-state index in [0.717, 1.165) is 19.3 Å². The molecule has 3 nitrogen and oxygen atoms in total. The van der Waals surface area contributed by atoms with Gasteiger partial charge in [-0.15, -0.1) is 0 Å². The summed E-state index contributed by atoms with van der Waals surface area (Å²) < 4.78 is 2.23. The van der Waals surface area contributed by atoms with Crippen LogP contribution in [0.2, 0.25) is 0 Å². The Bertz CT molecular complexity index is 655. The van der Waals surface area contributed by atoms with Gasteiger partial charge in [0.25, 0.3) is 0 Å². The van der Waals surface area contributed by atoms with E-state index < -0.39 is 0 Å². The molecule has 0 saturated carbocycles. The monoisotopic (exact) mass is 300 g/mol. The predicted octanol–water partition coefficient (Wildman–Crippen LogP) is 3.99. The van der Waals surface area contributed by atoms with Crippen molar-refractivity contribution in [2.45, 2.75) is 59.9 Å². The number of carbonyl (C=O) groups excluding carboxylic acids is 1. The highest BCUT2D eigenvalue weighted by molar-refractivity contribution is 5.88. The standard InChI is InChI=1S/C19H28N2O/c1-5-8-9-17-15(6-2)16-12-14(4)10-11-18(16)21(17)13-19(22)20-7-3/h10-12H,5-9,13H2,1-4H3,(H,20,22). The van der Waals surface area contributed by atoms with Gasteiger partial charge >= 0.3 is 0 Å². The number of benzene rings is 1. The lowest BCUT2D eigenvalue weighted by Gasteiger charge is -2.11. The van der Waals surface area contributed by atoms with Crippen molar-refractivity contribution in [2.24, 2.45) is 0 Å². The van der Waals surface area contributed by atoms with Crippen LogP contribution in [0.4, 0.5) is 0 Å². The number of unbranched alkanes of at least 4 members (excludes halogenated alkanes) is 1. The van der Waals surface area contributed by atoms with Gasteiger partial charge in [-0.2, -0.15) is 0 Å². The van der Waals surface area contributed by atoms with Crippen molar-refractivity contribution in [3.8, 4) is 0 Å². The number of rotatable bonds is 7. The maximum Gasteiger partial charge on any atom is 0.239 e. The molecule has 0 bridgehead atoms. The number of fused-ring (bicyclic) bond motifs is 1. The molecule has 1 aromatic heterocycles. The Labute approximate surface area is 133 Å². The molecule has 1 heterocycles. The van der Waals surface area contributed by atoms with Crippen LogP contribution in [0.25, 0.3) is 10.9 Å². The molecule has 1 N–H and O–H groups in total. The van der Waals surface area contributed by atoms with E-state index in [2.05, 4.69) is 48.9 Å². The van der Waals surface area contributed by atoms with E-state index in [-0.39, 0.29) is 5.91 Å². The summed E-state index contributed by atoms with van der Waals surface area (Å²) in [4.78, 5) is 12.1. The van der Waals surface area contributed by atoms with Gasteiger partial charge < -0.3 is 9.88 Å². The molecular formula is C19H28N2O. The molecule has 0 fully saturated rings. The molecule has 0 aliphatic carbocycles. The largest absolute Gasteiger partial charge is 0.355 e. The molecule has 0 atom stereocenters. The van der Waals surface area contributed by atoms with Gasteiger partial charge in [0, 0.05) is 23.1 Å². The second kappa shape index (κ2) is 7.48. The molecule has 2 aromatic rings. The van der Waals surface area contributed by atoms with Crippen molar-refractivity contribution >= 4 is 16.8 Å². The van der Waals surface area contributed by atoms with Crippen molar-refractivity contribution in [2.75, 3.05) is 6.54 Å². The van der Waals surface area contributed by atoms with E-state index >= 15 is 0 Å². The van der Waals surface area contributed by atoms with Crippen molar-refractivity contribution < 1.29 is 4.79 Å². The molecule has 0 aliphatic rings. The van der Waals surface area contributed by atoms with E-state index in [9.17, 15) is 4.79 Å². The number of amides is 1. The summed E-state index contributed by atoms with van der Waals surface area (Å²) in [6.07, 6.45) is 4.40. The van der Waals surface area contributed by atoms with Gasteiger partial charge in [0.15, 0.2) is 0 Å². The van der Waals surface area contributed by atoms with Gasteiger partial charge in [0.2, 0.25) is 5.91 Å². The van der Waals surface area contributed by atoms with Gasteiger partial charge in [-0.1, -0.05) is 31.9 Å². The third kappa shape index (κ3) is 3.34. The highest BCUT2D eigenvalue weighted by Gasteiger charge is 2.17. The minimum absolute atomic E-state index is 0.0976. The molecule has 3 heteroatoms. The highest BCUT2D eigenvalue weighted by Crippen LogP contribution is 2.29. The van der Waals surface area contributed by atoms with Crippen LogP contribution in [-0.2, 0) is 24.2 Å². The number of nitrogens with one attached hydrogen (secondary N) is 1. The van der Waals surface area contributed by atoms with Crippen molar-refractivity contribution in [3.05, 3.63) is 35.0 Å². The Balaban J connectivity index is 2.55. The summed E-state index contributed by atoms with van der Waals surface area (Å²) in [5, 5.41) is 4.24. The van der Waals surface area contributed by atoms with E-state index in [0.29, 0.717) is 13.1 Å². The molecule has 0 spiro atoms. The minimum Gasteiger partial charge on any atom is -0.355 e. The number of aryl methyl sites for hydroxylation is 2. The second-order valence-electron chi connectivity index (χ2n) is 5.94. The Morgan fingerprint density at radius 1 is 1.23 bits per heavy atom. The molecule has 1 amide bonds. The Morgan fingerprint density at radius 3 is 2.64 bits per heavy atom. The lowest BCUT2D eigenvalue weighted by atomic mass is 10.0. The molecule has 2 rings (SSSR count). The SMILES string of the molecule is CCCCc1c(CC)c2cc(C)ccc2n1CC(=O)NCC. The molecule has 120 valence electrons. The summed E-state index contributed by atoms with van der Waals surface area (Å²) in [6, 6.07) is 6.57. The van der Waals surface area contributed by atoms with Crippen LogP contribution >= 0.6 is 0 Å². The predicted molar refractivity (Wildman–Crippen MR) is 93.3 cm³/mol. The molecule has 0 aliphatic heterocycles. The summed E-state index contributed by atoms with van der Waals surface area (Å²) in [5.41, 5.74) is 5.23. The van der Waals surface area contributed by atoms with Crippen molar-refractivity contribution in [1.29, 1.82) is 0 Å². The molecule has 22 heavy (non-hydrogen) atoms. The smallest absolute Gasteiger partial charge is 0.239 e. The average molecular weight is 300 g/mol. The molecule has 0 unspecified atom stereocenters. The summed E-state index contributed by atoms with van der Waals surface area (Å²) >= 11 is 0. The van der Waals surface area contributed by atoms with E-state index in [1.54, 1.807) is 0 Å². The zero-order valence-corrected chi connectivity index (χ0v) is 14.3. The van der Waals surface area contributed by atoms with Crippen LogP contribution in [0.15, 0.2) is 18.2 Å². The number of aromatic nitrogens is 1.